The first-order valence-electron chi connectivity index (χ1n) is 21.3. The van der Waals surface area contributed by atoms with E-state index in [1.165, 1.54) is 12.7 Å². The molecule has 0 bridgehead atoms. The predicted molar refractivity (Wildman–Crippen MR) is 238 cm³/mol. The van der Waals surface area contributed by atoms with Crippen molar-refractivity contribution in [2.75, 3.05) is 16.9 Å². The summed E-state index contributed by atoms with van der Waals surface area (Å²) in [5.41, 5.74) is 14.1. The molecular formula is C49H55ClN4O8. The van der Waals surface area contributed by atoms with Crippen LogP contribution in [-0.2, 0) is 23.9 Å². The maximum atomic E-state index is 13.5. The SMILES string of the molecule is COC(=O)CCC(=O)Cl.Cc1ccc(C(=O)N2c3ccccc3C(N)C3CCCC32)cc1.Cc1ccc(C(=O)N2c3ccccc3C(NC(=O)CCC(=O)O)C3CCCC32)cc1. The number of carbonyl (C=O) groups is 6. The number of methoxy groups -OCH3 is 1. The van der Waals surface area contributed by atoms with Gasteiger partial charge in [0.25, 0.3) is 11.8 Å². The summed E-state index contributed by atoms with van der Waals surface area (Å²) < 4.78 is 4.25. The fourth-order valence-corrected chi connectivity index (χ4v) is 9.40. The van der Waals surface area contributed by atoms with Crippen LogP contribution in [0.1, 0.15) is 119 Å². The second-order valence-electron chi connectivity index (χ2n) is 16.4. The number of amides is 3. The molecule has 2 aliphatic carbocycles. The smallest absolute Gasteiger partial charge is 0.305 e. The van der Waals surface area contributed by atoms with Crippen molar-refractivity contribution in [1.82, 2.24) is 5.32 Å². The van der Waals surface area contributed by atoms with Crippen LogP contribution in [0.3, 0.4) is 0 Å². The maximum Gasteiger partial charge on any atom is 0.305 e. The minimum absolute atomic E-state index is 0.0125. The number of nitrogens with zero attached hydrogens (tertiary/aromatic N) is 2. The third-order valence-electron chi connectivity index (χ3n) is 12.4. The van der Waals surface area contributed by atoms with Gasteiger partial charge in [0.15, 0.2) is 0 Å². The number of rotatable bonds is 9. The van der Waals surface area contributed by atoms with Crippen molar-refractivity contribution in [3.63, 3.8) is 0 Å². The molecule has 4 aliphatic rings. The van der Waals surface area contributed by atoms with Crippen LogP contribution in [0.4, 0.5) is 11.4 Å². The number of nitrogens with one attached hydrogen (secondary N) is 1. The zero-order chi connectivity index (χ0) is 44.5. The molecule has 62 heavy (non-hydrogen) atoms. The summed E-state index contributed by atoms with van der Waals surface area (Å²) in [6.45, 7) is 4.03. The van der Waals surface area contributed by atoms with Crippen LogP contribution in [0.25, 0.3) is 0 Å². The predicted octanol–water partition coefficient (Wildman–Crippen LogP) is 8.38. The highest BCUT2D eigenvalue weighted by Crippen LogP contribution is 2.49. The van der Waals surface area contributed by atoms with E-state index >= 15 is 0 Å². The van der Waals surface area contributed by atoms with Gasteiger partial charge in [-0.15, -0.1) is 0 Å². The summed E-state index contributed by atoms with van der Waals surface area (Å²) in [7, 11) is 1.26. The zero-order valence-corrected chi connectivity index (χ0v) is 36.2. The van der Waals surface area contributed by atoms with Crippen molar-refractivity contribution >= 4 is 57.9 Å². The standard InChI is InChI=1S/C24H26N2O4.C20H22N2O.C5H7ClO3/c1-15-9-11-16(12-10-15)24(30)26-19-7-3-2-5-17(19)23(18-6-4-8-20(18)26)25-21(27)13-14-22(28)29;1-13-9-11-14(12-10-13)20(23)22-17-7-3-2-5-15(17)19(21)16-6-4-8-18(16)22;1-9-5(8)3-2-4(6)7/h2-3,5,7,9-12,18,20,23H,4,6,8,13-14H2,1H3,(H,25,27)(H,28,29);2-3,5,7,9-12,16,18-19H,4,6,8,21H2,1H3;2-3H2,1H3. The molecule has 3 amide bonds. The highest BCUT2D eigenvalue weighted by atomic mass is 35.5. The molecule has 0 radical (unpaired) electrons. The Morgan fingerprint density at radius 3 is 1.66 bits per heavy atom. The van der Waals surface area contributed by atoms with E-state index in [1.807, 2.05) is 115 Å². The van der Waals surface area contributed by atoms with Crippen molar-refractivity contribution < 1.29 is 38.6 Å². The molecule has 2 fully saturated rings. The summed E-state index contributed by atoms with van der Waals surface area (Å²) in [5.74, 6) is -1.09. The number of carbonyl (C=O) groups excluding carboxylic acids is 5. The van der Waals surface area contributed by atoms with Gasteiger partial charge in [-0.25, -0.2) is 0 Å². The first kappa shape index (κ1) is 45.7. The van der Waals surface area contributed by atoms with E-state index in [-0.39, 0.29) is 73.5 Å². The van der Waals surface area contributed by atoms with E-state index < -0.39 is 17.2 Å². The molecule has 8 rings (SSSR count). The molecule has 326 valence electrons. The van der Waals surface area contributed by atoms with Crippen molar-refractivity contribution in [3.8, 4) is 0 Å². The number of carboxylic acid groups (broad SMARTS) is 1. The monoisotopic (exact) mass is 862 g/mol. The Morgan fingerprint density at radius 2 is 1.15 bits per heavy atom. The molecule has 0 saturated heterocycles. The molecule has 4 aromatic carbocycles. The number of fused-ring (bicyclic) bond motifs is 4. The average Bonchev–Trinajstić information content (AvgIpc) is 3.97. The van der Waals surface area contributed by atoms with Crippen LogP contribution in [-0.4, -0.2) is 59.2 Å². The van der Waals surface area contributed by atoms with Gasteiger partial charge in [-0.05, 0) is 105 Å². The number of nitrogens with two attached hydrogens (primary N) is 1. The van der Waals surface area contributed by atoms with Gasteiger partial charge in [0.2, 0.25) is 11.1 Å². The second kappa shape index (κ2) is 20.8. The molecule has 4 N–H and O–H groups in total. The Bertz CT molecular complexity index is 2260. The van der Waals surface area contributed by atoms with E-state index in [2.05, 4.69) is 16.1 Å². The summed E-state index contributed by atoms with van der Waals surface area (Å²) >= 11 is 4.93. The number of ether oxygens (including phenoxy) is 1. The first-order valence-corrected chi connectivity index (χ1v) is 21.7. The number of aliphatic carboxylic acids is 1. The number of carboxylic acids is 1. The van der Waals surface area contributed by atoms with Crippen LogP contribution >= 0.6 is 11.6 Å². The van der Waals surface area contributed by atoms with Gasteiger partial charge in [0.05, 0.1) is 26.0 Å². The maximum absolute atomic E-state index is 13.5. The number of benzene rings is 4. The van der Waals surface area contributed by atoms with E-state index in [4.69, 9.17) is 22.4 Å². The average molecular weight is 863 g/mol. The highest BCUT2D eigenvalue weighted by molar-refractivity contribution is 6.63. The first-order chi connectivity index (χ1) is 29.8. The summed E-state index contributed by atoms with van der Waals surface area (Å²) in [5, 5.41) is 11.4. The zero-order valence-electron chi connectivity index (χ0n) is 35.4. The lowest BCUT2D eigenvalue weighted by atomic mass is 9.82. The van der Waals surface area contributed by atoms with Gasteiger partial charge in [-0.1, -0.05) is 84.6 Å². The number of halogens is 1. The van der Waals surface area contributed by atoms with Crippen LogP contribution in [0.5, 0.6) is 0 Å². The van der Waals surface area contributed by atoms with Crippen molar-refractivity contribution in [2.24, 2.45) is 17.6 Å². The second-order valence-corrected chi connectivity index (χ2v) is 16.8. The van der Waals surface area contributed by atoms with E-state index in [9.17, 15) is 28.8 Å². The fraction of sp³-hybridized carbons (Fsp3) is 0.388. The topological polar surface area (TPSA) is 176 Å². The van der Waals surface area contributed by atoms with Crippen molar-refractivity contribution in [2.45, 2.75) is 102 Å². The molecule has 6 unspecified atom stereocenters. The molecule has 0 spiro atoms. The minimum atomic E-state index is -0.984. The number of hydrogen-bond acceptors (Lipinski definition) is 8. The largest absolute Gasteiger partial charge is 0.481 e. The molecular weight excluding hydrogens is 808 g/mol. The number of para-hydroxylation sites is 2. The van der Waals surface area contributed by atoms with Gasteiger partial charge in [-0.2, -0.15) is 0 Å². The number of esters is 1. The van der Waals surface area contributed by atoms with Crippen LogP contribution in [0, 0.1) is 25.7 Å². The Hall–Kier alpha value is -5.85. The summed E-state index contributed by atoms with van der Waals surface area (Å²) in [4.78, 5) is 74.2. The van der Waals surface area contributed by atoms with E-state index in [1.54, 1.807) is 0 Å². The van der Waals surface area contributed by atoms with Gasteiger partial charge >= 0.3 is 11.9 Å². The fourth-order valence-electron chi connectivity index (χ4n) is 9.31. The lowest BCUT2D eigenvalue weighted by Gasteiger charge is -2.44. The molecule has 12 nitrogen and oxygen atoms in total. The summed E-state index contributed by atoms with van der Waals surface area (Å²) in [6.07, 6.45) is 5.98. The van der Waals surface area contributed by atoms with E-state index in [0.29, 0.717) is 11.5 Å². The molecule has 4 aromatic rings. The lowest BCUT2D eigenvalue weighted by Crippen LogP contribution is -2.51. The molecule has 2 saturated carbocycles. The molecule has 2 aliphatic heterocycles. The highest BCUT2D eigenvalue weighted by Gasteiger charge is 2.47. The van der Waals surface area contributed by atoms with Crippen molar-refractivity contribution in [3.05, 3.63) is 130 Å². The van der Waals surface area contributed by atoms with Gasteiger partial charge in [0.1, 0.15) is 0 Å². The Labute approximate surface area is 367 Å². The molecule has 13 heteroatoms. The van der Waals surface area contributed by atoms with Gasteiger partial charge in [0, 0.05) is 59.4 Å². The Morgan fingerprint density at radius 1 is 0.661 bits per heavy atom. The Balaban J connectivity index is 0.000000177. The number of aryl methyl sites for hydroxylation is 2. The van der Waals surface area contributed by atoms with Gasteiger partial charge in [-0.3, -0.25) is 28.8 Å². The number of hydrogen-bond donors (Lipinski definition) is 3. The normalized spacial score (nSPS) is 21.6. The third kappa shape index (κ3) is 10.6. The van der Waals surface area contributed by atoms with Gasteiger partial charge < -0.3 is 30.7 Å². The molecule has 0 aromatic heterocycles. The Kier molecular flexibility index (Phi) is 15.3. The summed E-state index contributed by atoms with van der Waals surface area (Å²) in [6, 6.07) is 31.4. The molecule has 6 atom stereocenters. The van der Waals surface area contributed by atoms with Crippen LogP contribution < -0.4 is 20.9 Å². The third-order valence-corrected chi connectivity index (χ3v) is 12.6. The molecule has 2 heterocycles. The van der Waals surface area contributed by atoms with Crippen LogP contribution in [0.2, 0.25) is 0 Å². The number of anilines is 2. The van der Waals surface area contributed by atoms with Crippen molar-refractivity contribution in [1.29, 1.82) is 0 Å². The minimum Gasteiger partial charge on any atom is -0.481 e. The quantitative estimate of drug-likeness (QED) is 0.110. The lowest BCUT2D eigenvalue weighted by molar-refractivity contribution is -0.141. The van der Waals surface area contributed by atoms with Crippen LogP contribution in [0.15, 0.2) is 97.1 Å². The van der Waals surface area contributed by atoms with E-state index in [0.717, 1.165) is 72.2 Å².